The summed E-state index contributed by atoms with van der Waals surface area (Å²) in [7, 11) is 3.46. The quantitative estimate of drug-likeness (QED) is 0.302. The summed E-state index contributed by atoms with van der Waals surface area (Å²) in [6.45, 7) is 3.59. The number of aliphatic imine (C=N–C) groups is 1. The van der Waals surface area contributed by atoms with E-state index in [9.17, 15) is 14.3 Å². The molecule has 0 aliphatic rings. The number of guanidine groups is 1. The van der Waals surface area contributed by atoms with Crippen LogP contribution in [0.2, 0.25) is 0 Å². The molecular weight excluding hydrogens is 486 g/mol. The Kier molecular flexibility index (Phi) is 10.4. The number of carbonyl (C=O) groups excluding carboxylic acids is 1. The van der Waals surface area contributed by atoms with Crippen LogP contribution in [0.15, 0.2) is 47.5 Å². The average molecular weight is 514 g/mol. The van der Waals surface area contributed by atoms with E-state index in [0.717, 1.165) is 12.0 Å². The van der Waals surface area contributed by atoms with Crippen molar-refractivity contribution < 1.29 is 14.3 Å². The van der Waals surface area contributed by atoms with E-state index in [1.807, 2.05) is 31.2 Å². The molecule has 0 aromatic heterocycles. The van der Waals surface area contributed by atoms with Gasteiger partial charge in [0.15, 0.2) is 17.5 Å². The Balaban J connectivity index is 0.00000420. The number of phenolic OH excluding ortho intramolecular Hbond substituents is 1. The van der Waals surface area contributed by atoms with E-state index >= 15 is 0 Å². The van der Waals surface area contributed by atoms with Gasteiger partial charge in [-0.05, 0) is 48.7 Å². The standard InChI is InChI=1S/C21H27FN4O2.HI/c1-4-23-21(25-14-16-8-9-19(27)18(22)13-16)24-11-10-15-6-5-7-17(12-15)20(28)26(2)3;/h5-9,12-13,27H,4,10-11,14H2,1-3H3,(H2,23,24,25);1H. The minimum absolute atomic E-state index is 0. The fourth-order valence-electron chi connectivity index (χ4n) is 2.60. The van der Waals surface area contributed by atoms with E-state index in [1.54, 1.807) is 25.1 Å². The zero-order chi connectivity index (χ0) is 20.5. The highest BCUT2D eigenvalue weighted by Crippen LogP contribution is 2.16. The number of aromatic hydroxyl groups is 1. The Labute approximate surface area is 188 Å². The highest BCUT2D eigenvalue weighted by atomic mass is 127. The van der Waals surface area contributed by atoms with Crippen molar-refractivity contribution in [3.63, 3.8) is 0 Å². The second-order valence-corrected chi connectivity index (χ2v) is 6.56. The number of rotatable bonds is 7. The van der Waals surface area contributed by atoms with Crippen LogP contribution in [0, 0.1) is 5.82 Å². The van der Waals surface area contributed by atoms with Gasteiger partial charge in [0.2, 0.25) is 0 Å². The van der Waals surface area contributed by atoms with Crippen LogP contribution >= 0.6 is 24.0 Å². The molecule has 2 rings (SSSR count). The zero-order valence-electron chi connectivity index (χ0n) is 16.9. The first-order valence-corrected chi connectivity index (χ1v) is 9.21. The third-order valence-electron chi connectivity index (χ3n) is 4.06. The molecule has 6 nitrogen and oxygen atoms in total. The van der Waals surface area contributed by atoms with E-state index in [2.05, 4.69) is 15.6 Å². The summed E-state index contributed by atoms with van der Waals surface area (Å²) in [5.41, 5.74) is 2.39. The Morgan fingerprint density at radius 2 is 1.90 bits per heavy atom. The number of nitrogens with one attached hydrogen (secondary N) is 2. The Hall–Kier alpha value is -2.36. The van der Waals surface area contributed by atoms with Gasteiger partial charge in [-0.25, -0.2) is 9.38 Å². The first-order chi connectivity index (χ1) is 13.4. The minimum atomic E-state index is -0.655. The van der Waals surface area contributed by atoms with Gasteiger partial charge in [-0.1, -0.05) is 18.2 Å². The van der Waals surface area contributed by atoms with Gasteiger partial charge in [0.05, 0.1) is 6.54 Å². The molecule has 0 heterocycles. The highest BCUT2D eigenvalue weighted by Gasteiger charge is 2.08. The lowest BCUT2D eigenvalue weighted by Gasteiger charge is -2.13. The maximum absolute atomic E-state index is 13.4. The normalized spacial score (nSPS) is 10.8. The molecule has 0 atom stereocenters. The summed E-state index contributed by atoms with van der Waals surface area (Å²) < 4.78 is 13.4. The average Bonchev–Trinajstić information content (AvgIpc) is 2.68. The molecule has 0 saturated carbocycles. The third kappa shape index (κ3) is 7.88. The van der Waals surface area contributed by atoms with Crippen LogP contribution in [-0.2, 0) is 13.0 Å². The summed E-state index contributed by atoms with van der Waals surface area (Å²) in [6.07, 6.45) is 0.729. The number of carbonyl (C=O) groups is 1. The van der Waals surface area contributed by atoms with Crippen molar-refractivity contribution in [3.8, 4) is 5.75 Å². The molecule has 2 aromatic rings. The van der Waals surface area contributed by atoms with Crippen molar-refractivity contribution in [2.24, 2.45) is 4.99 Å². The maximum atomic E-state index is 13.4. The van der Waals surface area contributed by atoms with Gasteiger partial charge >= 0.3 is 0 Å². The van der Waals surface area contributed by atoms with Crippen molar-refractivity contribution in [1.82, 2.24) is 15.5 Å². The largest absolute Gasteiger partial charge is 0.505 e. The monoisotopic (exact) mass is 514 g/mol. The molecule has 0 aliphatic carbocycles. The van der Waals surface area contributed by atoms with Gasteiger partial charge in [-0.2, -0.15) is 0 Å². The summed E-state index contributed by atoms with van der Waals surface area (Å²) >= 11 is 0. The Morgan fingerprint density at radius 1 is 1.14 bits per heavy atom. The maximum Gasteiger partial charge on any atom is 0.253 e. The summed E-state index contributed by atoms with van der Waals surface area (Å²) in [6, 6.07) is 11.8. The van der Waals surface area contributed by atoms with Crippen molar-refractivity contribution in [2.45, 2.75) is 19.9 Å². The molecule has 8 heteroatoms. The van der Waals surface area contributed by atoms with Gasteiger partial charge in [0.1, 0.15) is 0 Å². The number of hydrogen-bond acceptors (Lipinski definition) is 3. The molecule has 0 spiro atoms. The van der Waals surface area contributed by atoms with Crippen molar-refractivity contribution in [2.75, 3.05) is 27.2 Å². The smallest absolute Gasteiger partial charge is 0.253 e. The molecule has 29 heavy (non-hydrogen) atoms. The van der Waals surface area contributed by atoms with Crippen LogP contribution in [0.25, 0.3) is 0 Å². The van der Waals surface area contributed by atoms with Crippen LogP contribution in [0.1, 0.15) is 28.4 Å². The Morgan fingerprint density at radius 3 is 2.55 bits per heavy atom. The van der Waals surface area contributed by atoms with E-state index in [0.29, 0.717) is 36.7 Å². The van der Waals surface area contributed by atoms with Gasteiger partial charge in [-0.3, -0.25) is 4.79 Å². The zero-order valence-corrected chi connectivity index (χ0v) is 19.2. The van der Waals surface area contributed by atoms with Gasteiger partial charge in [-0.15, -0.1) is 24.0 Å². The molecule has 0 bridgehead atoms. The predicted octanol–water partition coefficient (Wildman–Crippen LogP) is 3.15. The van der Waals surface area contributed by atoms with Crippen LogP contribution in [0.3, 0.4) is 0 Å². The molecule has 0 fully saturated rings. The van der Waals surface area contributed by atoms with Gasteiger partial charge < -0.3 is 20.6 Å². The van der Waals surface area contributed by atoms with E-state index < -0.39 is 5.82 Å². The lowest BCUT2D eigenvalue weighted by molar-refractivity contribution is 0.0827. The van der Waals surface area contributed by atoms with Crippen molar-refractivity contribution in [1.29, 1.82) is 0 Å². The summed E-state index contributed by atoms with van der Waals surface area (Å²) in [4.78, 5) is 18.1. The number of benzene rings is 2. The number of phenols is 1. The van der Waals surface area contributed by atoms with Crippen LogP contribution in [0.4, 0.5) is 4.39 Å². The number of halogens is 2. The van der Waals surface area contributed by atoms with Crippen molar-refractivity contribution >= 4 is 35.8 Å². The Bertz CT molecular complexity index is 843. The second-order valence-electron chi connectivity index (χ2n) is 6.56. The van der Waals surface area contributed by atoms with E-state index in [1.165, 1.54) is 12.1 Å². The predicted molar refractivity (Wildman–Crippen MR) is 124 cm³/mol. The number of hydrogen-bond donors (Lipinski definition) is 3. The molecule has 158 valence electrons. The topological polar surface area (TPSA) is 77.0 Å². The van der Waals surface area contributed by atoms with Gasteiger partial charge in [0, 0.05) is 32.7 Å². The molecular formula is C21H28FIN4O2. The van der Waals surface area contributed by atoms with Crippen LogP contribution < -0.4 is 10.6 Å². The third-order valence-corrected chi connectivity index (χ3v) is 4.06. The minimum Gasteiger partial charge on any atom is -0.505 e. The lowest BCUT2D eigenvalue weighted by atomic mass is 10.1. The molecule has 3 N–H and O–H groups in total. The van der Waals surface area contributed by atoms with E-state index in [-0.39, 0.29) is 35.6 Å². The van der Waals surface area contributed by atoms with Crippen LogP contribution in [0.5, 0.6) is 5.75 Å². The first kappa shape index (κ1) is 24.7. The molecule has 0 saturated heterocycles. The number of amides is 1. The van der Waals surface area contributed by atoms with Gasteiger partial charge in [0.25, 0.3) is 5.91 Å². The molecule has 0 radical (unpaired) electrons. The van der Waals surface area contributed by atoms with Crippen LogP contribution in [-0.4, -0.2) is 49.1 Å². The van der Waals surface area contributed by atoms with Crippen molar-refractivity contribution in [3.05, 3.63) is 65.0 Å². The van der Waals surface area contributed by atoms with E-state index in [4.69, 9.17) is 0 Å². The second kappa shape index (κ2) is 12.3. The molecule has 0 unspecified atom stereocenters. The highest BCUT2D eigenvalue weighted by molar-refractivity contribution is 14.0. The molecule has 2 aromatic carbocycles. The SMILES string of the molecule is CCNC(=NCc1ccc(O)c(F)c1)NCCc1cccc(C(=O)N(C)C)c1.I. The molecule has 0 aliphatic heterocycles. The fourth-order valence-corrected chi connectivity index (χ4v) is 2.60. The number of nitrogens with zero attached hydrogens (tertiary/aromatic N) is 2. The lowest BCUT2D eigenvalue weighted by Crippen LogP contribution is -2.38. The molecule has 1 amide bonds. The summed E-state index contributed by atoms with van der Waals surface area (Å²) in [5, 5.41) is 15.6. The fraction of sp³-hybridized carbons (Fsp3) is 0.333. The first-order valence-electron chi connectivity index (χ1n) is 9.21. The summed E-state index contributed by atoms with van der Waals surface area (Å²) in [5.74, 6) is -0.423.